The number of alkyl halides is 3. The van der Waals surface area contributed by atoms with Crippen molar-refractivity contribution in [2.75, 3.05) is 0 Å². The van der Waals surface area contributed by atoms with Gasteiger partial charge in [-0.1, -0.05) is 55.1 Å². The van der Waals surface area contributed by atoms with Crippen LogP contribution in [0.15, 0.2) is 24.3 Å². The van der Waals surface area contributed by atoms with Gasteiger partial charge in [-0.25, -0.2) is 4.79 Å². The lowest BCUT2D eigenvalue weighted by Gasteiger charge is -2.22. The topological polar surface area (TPSA) is 55.1 Å². The Kier molecular flexibility index (Phi) is 5.84. The Morgan fingerprint density at radius 1 is 1.21 bits per heavy atom. The number of halogens is 4. The van der Waals surface area contributed by atoms with Crippen molar-refractivity contribution in [3.8, 4) is 0 Å². The third-order valence-corrected chi connectivity index (χ3v) is 5.55. The summed E-state index contributed by atoms with van der Waals surface area (Å²) in [6, 6.07) is 7.00. The first-order valence-corrected chi connectivity index (χ1v) is 9.41. The fourth-order valence-corrected chi connectivity index (χ4v) is 3.82. The highest BCUT2D eigenvalue weighted by molar-refractivity contribution is 6.32. The Balaban J connectivity index is 2.00. The summed E-state index contributed by atoms with van der Waals surface area (Å²) in [6.07, 6.45) is 1.97. The van der Waals surface area contributed by atoms with Gasteiger partial charge in [0.15, 0.2) is 5.69 Å². The van der Waals surface area contributed by atoms with Crippen LogP contribution in [0, 0.1) is 0 Å². The number of aromatic nitrogens is 2. The Morgan fingerprint density at radius 3 is 2.36 bits per heavy atom. The van der Waals surface area contributed by atoms with Crippen molar-refractivity contribution in [3.05, 3.63) is 51.8 Å². The number of nitrogens with zero attached hydrogens (tertiary/aromatic N) is 2. The SMILES string of the molecule is Cn1nc(C(F)(F)F)c(/C=C(/C(=O)O)c2ccc(C3CCCCC3)cc2)c1Cl. The van der Waals surface area contributed by atoms with E-state index in [-0.39, 0.29) is 10.7 Å². The Bertz CT molecular complexity index is 895. The summed E-state index contributed by atoms with van der Waals surface area (Å²) < 4.78 is 40.6. The molecule has 0 saturated heterocycles. The summed E-state index contributed by atoms with van der Waals surface area (Å²) in [4.78, 5) is 11.8. The van der Waals surface area contributed by atoms with Gasteiger partial charge in [0.05, 0.1) is 5.57 Å². The van der Waals surface area contributed by atoms with Gasteiger partial charge in [0, 0.05) is 12.6 Å². The summed E-state index contributed by atoms with van der Waals surface area (Å²) in [5, 5.41) is 12.7. The predicted octanol–water partition coefficient (Wildman–Crippen LogP) is 5.77. The molecule has 3 rings (SSSR count). The first kappa shape index (κ1) is 20.5. The van der Waals surface area contributed by atoms with E-state index in [0.29, 0.717) is 11.5 Å². The molecule has 1 aliphatic rings. The number of aliphatic carboxylic acids is 1. The van der Waals surface area contributed by atoms with Crippen molar-refractivity contribution in [1.29, 1.82) is 0 Å². The van der Waals surface area contributed by atoms with E-state index in [1.165, 1.54) is 26.3 Å². The summed E-state index contributed by atoms with van der Waals surface area (Å²) in [5.41, 5.74) is -0.484. The van der Waals surface area contributed by atoms with Gasteiger partial charge in [-0.2, -0.15) is 18.3 Å². The van der Waals surface area contributed by atoms with Crippen molar-refractivity contribution in [2.24, 2.45) is 7.05 Å². The highest BCUT2D eigenvalue weighted by Gasteiger charge is 2.38. The molecule has 0 aliphatic heterocycles. The number of hydrogen-bond donors (Lipinski definition) is 1. The average molecular weight is 413 g/mol. The molecule has 1 saturated carbocycles. The highest BCUT2D eigenvalue weighted by atomic mass is 35.5. The lowest BCUT2D eigenvalue weighted by atomic mass is 9.83. The molecule has 2 aromatic rings. The number of carboxylic acid groups (broad SMARTS) is 1. The zero-order chi connectivity index (χ0) is 20.5. The molecule has 0 amide bonds. The van der Waals surface area contributed by atoms with Gasteiger partial charge in [-0.3, -0.25) is 4.68 Å². The van der Waals surface area contributed by atoms with Gasteiger partial charge in [0.1, 0.15) is 5.15 Å². The lowest BCUT2D eigenvalue weighted by Crippen LogP contribution is -2.09. The Labute approximate surface area is 165 Å². The van der Waals surface area contributed by atoms with Crippen LogP contribution in [0.3, 0.4) is 0 Å². The summed E-state index contributed by atoms with van der Waals surface area (Å²) in [6.45, 7) is 0. The number of aryl methyl sites for hydroxylation is 1. The van der Waals surface area contributed by atoms with Crippen molar-refractivity contribution in [3.63, 3.8) is 0 Å². The van der Waals surface area contributed by atoms with E-state index in [1.807, 2.05) is 12.1 Å². The van der Waals surface area contributed by atoms with Crippen molar-refractivity contribution < 1.29 is 23.1 Å². The van der Waals surface area contributed by atoms with E-state index < -0.39 is 23.4 Å². The third-order valence-electron chi connectivity index (χ3n) is 5.10. The van der Waals surface area contributed by atoms with Crippen LogP contribution < -0.4 is 0 Å². The van der Waals surface area contributed by atoms with Crippen molar-refractivity contribution in [2.45, 2.75) is 44.2 Å². The molecule has 1 aromatic heterocycles. The minimum absolute atomic E-state index is 0.268. The average Bonchev–Trinajstić information content (AvgIpc) is 2.95. The zero-order valence-electron chi connectivity index (χ0n) is 15.3. The van der Waals surface area contributed by atoms with E-state index in [2.05, 4.69) is 5.10 Å². The third kappa shape index (κ3) is 4.24. The molecule has 28 heavy (non-hydrogen) atoms. The second-order valence-corrected chi connectivity index (χ2v) is 7.35. The van der Waals surface area contributed by atoms with Crippen LogP contribution in [-0.4, -0.2) is 20.9 Å². The molecule has 1 heterocycles. The van der Waals surface area contributed by atoms with Crippen LogP contribution >= 0.6 is 11.6 Å². The van der Waals surface area contributed by atoms with Crippen LogP contribution in [0.2, 0.25) is 5.15 Å². The molecule has 1 fully saturated rings. The predicted molar refractivity (Wildman–Crippen MR) is 101 cm³/mol. The van der Waals surface area contributed by atoms with Crippen LogP contribution in [0.5, 0.6) is 0 Å². The second-order valence-electron chi connectivity index (χ2n) is 6.99. The van der Waals surface area contributed by atoms with Gasteiger partial charge < -0.3 is 5.11 Å². The number of benzene rings is 1. The second kappa shape index (κ2) is 7.99. The molecule has 0 radical (unpaired) electrons. The zero-order valence-corrected chi connectivity index (χ0v) is 16.0. The summed E-state index contributed by atoms with van der Waals surface area (Å²) in [5.74, 6) is -0.886. The maximum absolute atomic E-state index is 13.2. The normalized spacial score (nSPS) is 16.4. The van der Waals surface area contributed by atoms with Crippen LogP contribution in [0.4, 0.5) is 13.2 Å². The van der Waals surface area contributed by atoms with E-state index in [9.17, 15) is 23.1 Å². The Hall–Kier alpha value is -2.28. The van der Waals surface area contributed by atoms with Gasteiger partial charge in [-0.15, -0.1) is 0 Å². The van der Waals surface area contributed by atoms with E-state index >= 15 is 0 Å². The molecule has 0 atom stereocenters. The number of carboxylic acids is 1. The van der Waals surface area contributed by atoms with Gasteiger partial charge in [-0.05, 0) is 36.0 Å². The first-order chi connectivity index (χ1) is 13.2. The molecule has 1 aromatic carbocycles. The van der Waals surface area contributed by atoms with Gasteiger partial charge in [0.25, 0.3) is 0 Å². The molecule has 1 N–H and O–H groups in total. The molecule has 1 aliphatic carbocycles. The molecule has 0 spiro atoms. The maximum atomic E-state index is 13.2. The molecule has 8 heteroatoms. The fourth-order valence-electron chi connectivity index (χ4n) is 3.64. The molecule has 150 valence electrons. The molecule has 0 bridgehead atoms. The minimum atomic E-state index is -4.74. The summed E-state index contributed by atoms with van der Waals surface area (Å²) >= 11 is 5.95. The molecule has 4 nitrogen and oxygen atoms in total. The van der Waals surface area contributed by atoms with E-state index in [0.717, 1.165) is 29.2 Å². The molecular formula is C20H20ClF3N2O2. The summed E-state index contributed by atoms with van der Waals surface area (Å²) in [7, 11) is 1.27. The number of rotatable bonds is 4. The van der Waals surface area contributed by atoms with E-state index in [1.54, 1.807) is 12.1 Å². The van der Waals surface area contributed by atoms with Crippen LogP contribution in [0.25, 0.3) is 11.6 Å². The number of carbonyl (C=O) groups is 1. The van der Waals surface area contributed by atoms with Crippen LogP contribution in [-0.2, 0) is 18.0 Å². The Morgan fingerprint density at radius 2 is 1.82 bits per heavy atom. The van der Waals surface area contributed by atoms with Gasteiger partial charge in [0.2, 0.25) is 0 Å². The lowest BCUT2D eigenvalue weighted by molar-refractivity contribution is -0.141. The largest absolute Gasteiger partial charge is 0.478 e. The van der Waals surface area contributed by atoms with E-state index in [4.69, 9.17) is 11.6 Å². The monoisotopic (exact) mass is 412 g/mol. The van der Waals surface area contributed by atoms with Crippen molar-refractivity contribution in [1.82, 2.24) is 9.78 Å². The minimum Gasteiger partial charge on any atom is -0.478 e. The first-order valence-electron chi connectivity index (χ1n) is 9.03. The highest BCUT2D eigenvalue weighted by Crippen LogP contribution is 2.37. The quantitative estimate of drug-likeness (QED) is 0.649. The standard InChI is InChI=1S/C20H20ClF3N2O2/c1-26-18(21)16(17(25-26)20(22,23)24)11-15(19(27)28)14-9-7-13(8-10-14)12-5-3-2-4-6-12/h7-12H,2-6H2,1H3,(H,27,28)/b15-11+. The van der Waals surface area contributed by atoms with Crippen LogP contribution in [0.1, 0.15) is 60.4 Å². The van der Waals surface area contributed by atoms with Gasteiger partial charge >= 0.3 is 12.1 Å². The number of hydrogen-bond acceptors (Lipinski definition) is 2. The van der Waals surface area contributed by atoms with Crippen molar-refractivity contribution >= 4 is 29.2 Å². The fraction of sp³-hybridized carbons (Fsp3) is 0.400. The maximum Gasteiger partial charge on any atom is 0.435 e. The smallest absolute Gasteiger partial charge is 0.435 e. The molecular weight excluding hydrogens is 393 g/mol. The molecule has 0 unspecified atom stereocenters.